The molecule has 235 valence electrons. The molecule has 1 radical (unpaired) electrons. The average Bonchev–Trinajstić information content (AvgIpc) is 3.37. The Morgan fingerprint density at radius 2 is 1.69 bits per heavy atom. The molecule has 0 bridgehead atoms. The standard InChI is InChI=1S/C20H15FNS.C19H26GeN.Ir/c1-12(2)13-9-10-22-17(11-13)14-7-8-16(21)19-15-5-3-4-6-18(15)23-20(14)19;1-19(2,3)13-16-12-18(15-10-8-7-9-11-15)21-14-17(16)20(4,5)6;/h3-6,8-12H,1-2H3;7-10,12,14H,13H2,1-6H3;/q2*-1;/i12D;;. The molecule has 3 aromatic heterocycles. The third kappa shape index (κ3) is 8.37. The number of nitrogens with zero attached hydrogens (tertiary/aromatic N) is 2. The van der Waals surface area contributed by atoms with Crippen LogP contribution in [0.2, 0.25) is 17.3 Å². The van der Waals surface area contributed by atoms with E-state index in [4.69, 9.17) is 6.35 Å². The number of halogens is 1. The molecular formula is C39H41FGeIrN2S-2. The summed E-state index contributed by atoms with van der Waals surface area (Å²) in [5.74, 6) is 6.35. The topological polar surface area (TPSA) is 25.8 Å². The number of benzene rings is 3. The van der Waals surface area contributed by atoms with E-state index in [9.17, 15) is 4.39 Å². The van der Waals surface area contributed by atoms with Crippen LogP contribution in [0.5, 0.6) is 0 Å². The van der Waals surface area contributed by atoms with Gasteiger partial charge >= 0.3 is 132 Å². The van der Waals surface area contributed by atoms with Gasteiger partial charge in [0.1, 0.15) is 0 Å². The van der Waals surface area contributed by atoms with Gasteiger partial charge in [0.2, 0.25) is 0 Å². The minimum Gasteiger partial charge on any atom is -0.305 e. The van der Waals surface area contributed by atoms with Crippen molar-refractivity contribution in [2.24, 2.45) is 5.41 Å². The molecule has 0 saturated heterocycles. The van der Waals surface area contributed by atoms with Crippen LogP contribution < -0.4 is 4.40 Å². The van der Waals surface area contributed by atoms with Crippen molar-refractivity contribution in [1.29, 1.82) is 0 Å². The van der Waals surface area contributed by atoms with Crippen molar-refractivity contribution in [3.63, 3.8) is 0 Å². The second kappa shape index (κ2) is 14.4. The number of rotatable bonds is 5. The van der Waals surface area contributed by atoms with Gasteiger partial charge in [-0.05, 0) is 39.2 Å². The summed E-state index contributed by atoms with van der Waals surface area (Å²) in [6.07, 6.45) is 4.95. The third-order valence-electron chi connectivity index (χ3n) is 7.50. The Morgan fingerprint density at radius 3 is 2.36 bits per heavy atom. The predicted molar refractivity (Wildman–Crippen MR) is 190 cm³/mol. The fourth-order valence-electron chi connectivity index (χ4n) is 5.39. The zero-order valence-electron chi connectivity index (χ0n) is 28.3. The summed E-state index contributed by atoms with van der Waals surface area (Å²) in [4.78, 5) is 9.16. The minimum absolute atomic E-state index is 0. The van der Waals surface area contributed by atoms with Gasteiger partial charge in [0.05, 0.1) is 0 Å². The maximum absolute atomic E-state index is 14.4. The number of thiophene rings is 1. The van der Waals surface area contributed by atoms with E-state index in [0.29, 0.717) is 10.8 Å². The van der Waals surface area contributed by atoms with E-state index in [1.54, 1.807) is 17.5 Å². The van der Waals surface area contributed by atoms with Crippen LogP contribution >= 0.6 is 11.3 Å². The molecule has 0 atom stereocenters. The van der Waals surface area contributed by atoms with Gasteiger partial charge in [-0.2, -0.15) is 11.3 Å². The summed E-state index contributed by atoms with van der Waals surface area (Å²) < 4.78 is 26.1. The van der Waals surface area contributed by atoms with Gasteiger partial charge < -0.3 is 4.98 Å². The van der Waals surface area contributed by atoms with Gasteiger partial charge in [-0.25, -0.2) is 0 Å². The second-order valence-corrected chi connectivity index (χ2v) is 25.4. The van der Waals surface area contributed by atoms with E-state index in [0.717, 1.165) is 49.3 Å². The van der Waals surface area contributed by atoms with Crippen molar-refractivity contribution < 1.29 is 25.9 Å². The summed E-state index contributed by atoms with van der Waals surface area (Å²) in [5.41, 5.74) is 6.30. The van der Waals surface area contributed by atoms with Crippen LogP contribution in [0.4, 0.5) is 4.39 Å². The maximum Gasteiger partial charge on any atom is 0.0470 e. The Hall–Kier alpha value is -2.70. The van der Waals surface area contributed by atoms with Crippen LogP contribution in [0.1, 0.15) is 53.0 Å². The van der Waals surface area contributed by atoms with E-state index in [1.807, 2.05) is 68.4 Å². The molecule has 0 fully saturated rings. The summed E-state index contributed by atoms with van der Waals surface area (Å²) in [6.45, 7) is 10.6. The Balaban J connectivity index is 0.000000207. The number of hydrogen-bond donors (Lipinski definition) is 0. The SMILES string of the molecule is CC(C)(C)Cc1cc(-c2[c-]cccc2)nc[c]1[Ge]([CH3])([CH3])[CH3].[2H]C(C)(C)c1ccnc(-c2[c-]cc(F)c3c2sc2ccccc23)c1.[Ir]. The number of aromatic nitrogens is 2. The van der Waals surface area contributed by atoms with Gasteiger partial charge in [0, 0.05) is 38.2 Å². The van der Waals surface area contributed by atoms with Gasteiger partial charge in [-0.3, -0.25) is 4.39 Å². The van der Waals surface area contributed by atoms with Gasteiger partial charge in [-0.1, -0.05) is 43.7 Å². The number of hydrogen-bond acceptors (Lipinski definition) is 3. The molecule has 3 aromatic carbocycles. The molecule has 0 aliphatic heterocycles. The van der Waals surface area contributed by atoms with Gasteiger partial charge in [0.25, 0.3) is 0 Å². The van der Waals surface area contributed by atoms with Crippen LogP contribution in [0.3, 0.4) is 0 Å². The van der Waals surface area contributed by atoms with Crippen molar-refractivity contribution in [3.8, 4) is 22.5 Å². The first-order chi connectivity index (χ1) is 21.1. The Morgan fingerprint density at radius 1 is 0.956 bits per heavy atom. The molecule has 6 rings (SSSR count). The van der Waals surface area contributed by atoms with E-state index in [-0.39, 0.29) is 25.9 Å². The molecule has 0 aliphatic rings. The fraction of sp³-hybridized carbons (Fsp3) is 0.282. The zero-order chi connectivity index (χ0) is 32.6. The molecule has 3 heterocycles. The molecular weight excluding hydrogens is 812 g/mol. The molecule has 0 spiro atoms. The van der Waals surface area contributed by atoms with E-state index >= 15 is 0 Å². The minimum atomic E-state index is -1.90. The van der Waals surface area contributed by atoms with Crippen LogP contribution in [0.25, 0.3) is 42.7 Å². The van der Waals surface area contributed by atoms with E-state index < -0.39 is 19.2 Å². The van der Waals surface area contributed by atoms with E-state index in [1.165, 1.54) is 16.0 Å². The predicted octanol–water partition coefficient (Wildman–Crippen LogP) is 10.9. The van der Waals surface area contributed by atoms with Crippen LogP contribution in [0, 0.1) is 23.4 Å². The zero-order valence-corrected chi connectivity index (χ0v) is 32.6. The largest absolute Gasteiger partial charge is 0.305 e. The Labute approximate surface area is 289 Å². The Bertz CT molecular complexity index is 1950. The van der Waals surface area contributed by atoms with Crippen LogP contribution in [0.15, 0.2) is 85.2 Å². The molecule has 0 aliphatic carbocycles. The molecule has 0 unspecified atom stereocenters. The molecule has 0 saturated carbocycles. The van der Waals surface area contributed by atoms with Crippen molar-refractivity contribution in [2.75, 3.05) is 0 Å². The van der Waals surface area contributed by atoms with Gasteiger partial charge in [0.15, 0.2) is 0 Å². The smallest absolute Gasteiger partial charge is 0.0470 e. The molecule has 0 amide bonds. The van der Waals surface area contributed by atoms with Crippen LogP contribution in [-0.2, 0) is 26.5 Å². The maximum atomic E-state index is 14.4. The van der Waals surface area contributed by atoms with Crippen molar-refractivity contribution >= 4 is 49.2 Å². The van der Waals surface area contributed by atoms with Crippen molar-refractivity contribution in [2.45, 2.75) is 64.2 Å². The molecule has 0 N–H and O–H groups in total. The van der Waals surface area contributed by atoms with E-state index in [2.05, 4.69) is 73.5 Å². The second-order valence-electron chi connectivity index (χ2n) is 13.7. The summed E-state index contributed by atoms with van der Waals surface area (Å²) >= 11 is -0.344. The number of fused-ring (bicyclic) bond motifs is 3. The van der Waals surface area contributed by atoms with Crippen molar-refractivity contribution in [3.05, 3.63) is 114 Å². The average molecular weight is 855 g/mol. The van der Waals surface area contributed by atoms with Crippen molar-refractivity contribution in [1.82, 2.24) is 9.97 Å². The number of pyridine rings is 2. The monoisotopic (exact) mass is 856 g/mol. The molecule has 2 nitrogen and oxygen atoms in total. The fourth-order valence-corrected chi connectivity index (χ4v) is 9.92. The molecule has 45 heavy (non-hydrogen) atoms. The summed E-state index contributed by atoms with van der Waals surface area (Å²) in [5, 5.41) is 1.55. The summed E-state index contributed by atoms with van der Waals surface area (Å²) in [6, 6.07) is 29.7. The quantitative estimate of drug-likeness (QED) is 0.128. The normalized spacial score (nSPS) is 12.3. The summed E-state index contributed by atoms with van der Waals surface area (Å²) in [7, 11) is 0. The first-order valence-corrected chi connectivity index (χ1v) is 23.2. The third-order valence-corrected chi connectivity index (χ3v) is 13.0. The molecule has 6 heteroatoms. The first-order valence-electron chi connectivity index (χ1n) is 15.6. The Kier molecular flexibility index (Phi) is 10.8. The van der Waals surface area contributed by atoms with Gasteiger partial charge in [-0.15, -0.1) is 17.7 Å². The molecule has 6 aromatic rings. The first kappa shape index (κ1) is 33.7. The van der Waals surface area contributed by atoms with Crippen LogP contribution in [-0.4, -0.2) is 23.2 Å².